The van der Waals surface area contributed by atoms with E-state index in [0.717, 1.165) is 28.1 Å². The highest BCUT2D eigenvalue weighted by Gasteiger charge is 2.53. The summed E-state index contributed by atoms with van der Waals surface area (Å²) in [5.74, 6) is -1.17. The number of amides is 3. The molecule has 7 nitrogen and oxygen atoms in total. The van der Waals surface area contributed by atoms with Crippen molar-refractivity contribution in [2.45, 2.75) is 91.0 Å². The van der Waals surface area contributed by atoms with Crippen LogP contribution in [0.25, 0.3) is 10.4 Å². The summed E-state index contributed by atoms with van der Waals surface area (Å²) in [6.45, 7) is 10.5. The van der Waals surface area contributed by atoms with Crippen molar-refractivity contribution in [2.75, 3.05) is 13.6 Å². The molecule has 2 fully saturated rings. The Morgan fingerprint density at radius 3 is 2.55 bits per heavy atom. The number of rotatable bonds is 8. The van der Waals surface area contributed by atoms with Gasteiger partial charge in [-0.1, -0.05) is 39.8 Å². The van der Waals surface area contributed by atoms with Gasteiger partial charge in [-0.05, 0) is 67.2 Å². The van der Waals surface area contributed by atoms with E-state index in [1.165, 1.54) is 5.56 Å². The Morgan fingerprint density at radius 2 is 1.97 bits per heavy atom. The highest BCUT2D eigenvalue weighted by atomic mass is 32.1. The Labute approximate surface area is 228 Å². The molecule has 2 aliphatic rings. The Kier molecular flexibility index (Phi) is 7.98. The molecule has 0 bridgehead atoms. The van der Waals surface area contributed by atoms with Gasteiger partial charge in [0, 0.05) is 20.1 Å². The van der Waals surface area contributed by atoms with Crippen LogP contribution < -0.4 is 5.32 Å². The number of nitrogens with one attached hydrogen (secondary N) is 1. The fraction of sp³-hybridized carbons (Fsp3) is 0.586. The molecule has 206 valence electrons. The third-order valence-electron chi connectivity index (χ3n) is 7.68. The minimum absolute atomic E-state index is 0.122. The molecule has 1 aliphatic heterocycles. The van der Waals surface area contributed by atoms with Crippen molar-refractivity contribution in [1.29, 1.82) is 0 Å². The maximum Gasteiger partial charge on any atom is 0.258 e. The summed E-state index contributed by atoms with van der Waals surface area (Å²) in [7, 11) is 1.77. The van der Waals surface area contributed by atoms with E-state index in [4.69, 9.17) is 0 Å². The molecule has 1 saturated heterocycles. The maximum absolute atomic E-state index is 14.4. The monoisotopic (exact) mass is 542 g/mol. The van der Waals surface area contributed by atoms with Crippen LogP contribution in [0.5, 0.6) is 0 Å². The van der Waals surface area contributed by atoms with Crippen molar-refractivity contribution >= 4 is 29.1 Å². The molecule has 4 rings (SSSR count). The molecule has 1 aliphatic carbocycles. The van der Waals surface area contributed by atoms with Gasteiger partial charge in [0.25, 0.3) is 5.91 Å². The molecule has 0 radical (unpaired) electrons. The Hall–Kier alpha value is -2.81. The van der Waals surface area contributed by atoms with E-state index in [9.17, 15) is 18.8 Å². The normalized spacial score (nSPS) is 19.2. The summed E-state index contributed by atoms with van der Waals surface area (Å²) < 4.78 is 14.4. The molecule has 1 aromatic heterocycles. The lowest BCUT2D eigenvalue weighted by atomic mass is 9.85. The van der Waals surface area contributed by atoms with E-state index >= 15 is 0 Å². The Bertz CT molecular complexity index is 1220. The first-order valence-electron chi connectivity index (χ1n) is 13.4. The number of aryl methyl sites for hydroxylation is 2. The Morgan fingerprint density at radius 1 is 1.26 bits per heavy atom. The topological polar surface area (TPSA) is 82.6 Å². The number of carbonyl (C=O) groups is 3. The van der Waals surface area contributed by atoms with Crippen LogP contribution >= 0.6 is 11.3 Å². The molecule has 3 amide bonds. The first-order chi connectivity index (χ1) is 17.9. The van der Waals surface area contributed by atoms with Crippen LogP contribution in [0.4, 0.5) is 4.39 Å². The van der Waals surface area contributed by atoms with Crippen molar-refractivity contribution in [3.8, 4) is 10.4 Å². The zero-order valence-corrected chi connectivity index (χ0v) is 24.1. The average molecular weight is 543 g/mol. The van der Waals surface area contributed by atoms with E-state index in [-0.39, 0.29) is 24.7 Å². The van der Waals surface area contributed by atoms with Crippen molar-refractivity contribution < 1.29 is 18.8 Å². The lowest BCUT2D eigenvalue weighted by Gasteiger charge is -2.36. The van der Waals surface area contributed by atoms with Crippen LogP contribution in [0, 0.1) is 12.3 Å². The van der Waals surface area contributed by atoms with Crippen molar-refractivity contribution in [3.63, 3.8) is 0 Å². The molecule has 0 spiro atoms. The van der Waals surface area contributed by atoms with Crippen molar-refractivity contribution in [1.82, 2.24) is 20.1 Å². The van der Waals surface area contributed by atoms with Crippen LogP contribution in [0.15, 0.2) is 23.7 Å². The third-order valence-corrected chi connectivity index (χ3v) is 8.66. The molecule has 1 aromatic carbocycles. The average Bonchev–Trinajstić information content (AvgIpc) is 3.25. The summed E-state index contributed by atoms with van der Waals surface area (Å²) in [4.78, 5) is 48.5. The smallest absolute Gasteiger partial charge is 0.258 e. The molecule has 2 aromatic rings. The number of likely N-dealkylation sites (N-methyl/N-ethyl adjacent to an activating group) is 1. The second kappa shape index (κ2) is 10.8. The fourth-order valence-electron chi connectivity index (χ4n) is 5.12. The van der Waals surface area contributed by atoms with E-state index in [2.05, 4.69) is 35.4 Å². The highest BCUT2D eigenvalue weighted by Crippen LogP contribution is 2.40. The van der Waals surface area contributed by atoms with E-state index in [1.54, 1.807) is 28.2 Å². The molecule has 1 N–H and O–H groups in total. The number of benzene rings is 1. The summed E-state index contributed by atoms with van der Waals surface area (Å²) in [5, 5.41) is 2.67. The van der Waals surface area contributed by atoms with Gasteiger partial charge in [0.05, 0.1) is 16.1 Å². The van der Waals surface area contributed by atoms with Gasteiger partial charge in [-0.25, -0.2) is 9.37 Å². The van der Waals surface area contributed by atoms with Crippen LogP contribution in [0.2, 0.25) is 0 Å². The number of nitrogens with zero attached hydrogens (tertiary/aromatic N) is 3. The number of thiazole rings is 1. The lowest BCUT2D eigenvalue weighted by molar-refractivity contribution is -0.147. The standard InChI is InChI=1S/C29H39FN4O3S/c1-7-19-15-20(23-18(2)31-17-38-23)10-11-21(19)16-33(6)25(35)22-9-8-14-34(22)26(36)24(28(3,4)5)32-27(37)29(30)12-13-29/h10-11,15,17,22,24H,7-9,12-14,16H2,1-6H3,(H,32,37). The molecule has 9 heteroatoms. The third kappa shape index (κ3) is 5.77. The van der Waals surface area contributed by atoms with Gasteiger partial charge in [0.15, 0.2) is 5.67 Å². The Balaban J connectivity index is 1.48. The predicted octanol–water partition coefficient (Wildman–Crippen LogP) is 4.66. The quantitative estimate of drug-likeness (QED) is 0.526. The summed E-state index contributed by atoms with van der Waals surface area (Å²) in [6.07, 6.45) is 2.47. The van der Waals surface area contributed by atoms with Gasteiger partial charge in [-0.2, -0.15) is 0 Å². The second-order valence-electron chi connectivity index (χ2n) is 11.7. The highest BCUT2D eigenvalue weighted by molar-refractivity contribution is 7.13. The van der Waals surface area contributed by atoms with Crippen molar-refractivity contribution in [2.24, 2.45) is 5.41 Å². The maximum atomic E-state index is 14.4. The van der Waals surface area contributed by atoms with Gasteiger partial charge < -0.3 is 15.1 Å². The van der Waals surface area contributed by atoms with Crippen LogP contribution in [-0.2, 0) is 27.3 Å². The summed E-state index contributed by atoms with van der Waals surface area (Å²) >= 11 is 1.62. The molecule has 1 saturated carbocycles. The largest absolute Gasteiger partial charge is 0.341 e. The number of carbonyl (C=O) groups excluding carboxylic acids is 3. The van der Waals surface area contributed by atoms with Crippen LogP contribution in [-0.4, -0.2) is 63.9 Å². The first-order valence-corrected chi connectivity index (χ1v) is 14.3. The number of aromatic nitrogens is 1. The summed E-state index contributed by atoms with van der Waals surface area (Å²) in [6, 6.07) is 4.82. The van der Waals surface area contributed by atoms with Gasteiger partial charge in [0.1, 0.15) is 12.1 Å². The number of halogens is 1. The number of likely N-dealkylation sites (tertiary alicyclic amines) is 1. The number of hydrogen-bond donors (Lipinski definition) is 1. The SMILES string of the molecule is CCc1cc(-c2scnc2C)ccc1CN(C)C(=O)C1CCCN1C(=O)C(NC(=O)C1(F)CC1)C(C)(C)C. The molecular weight excluding hydrogens is 503 g/mol. The molecular formula is C29H39FN4O3S. The molecule has 38 heavy (non-hydrogen) atoms. The molecule has 2 unspecified atom stereocenters. The molecule has 2 atom stereocenters. The van der Waals surface area contributed by atoms with Crippen molar-refractivity contribution in [3.05, 3.63) is 40.5 Å². The minimum atomic E-state index is -1.87. The van der Waals surface area contributed by atoms with Crippen LogP contribution in [0.3, 0.4) is 0 Å². The second-order valence-corrected chi connectivity index (χ2v) is 12.6. The van der Waals surface area contributed by atoms with Gasteiger partial charge in [-0.3, -0.25) is 14.4 Å². The molecule has 2 heterocycles. The first kappa shape index (κ1) is 28.2. The minimum Gasteiger partial charge on any atom is -0.341 e. The van der Waals surface area contributed by atoms with Gasteiger partial charge in [-0.15, -0.1) is 11.3 Å². The van der Waals surface area contributed by atoms with E-state index < -0.39 is 29.1 Å². The van der Waals surface area contributed by atoms with E-state index in [0.29, 0.717) is 25.9 Å². The fourth-order valence-corrected chi connectivity index (χ4v) is 5.92. The number of alkyl halides is 1. The summed E-state index contributed by atoms with van der Waals surface area (Å²) in [5.41, 5.74) is 3.73. The predicted molar refractivity (Wildman–Crippen MR) is 147 cm³/mol. The van der Waals surface area contributed by atoms with E-state index in [1.807, 2.05) is 33.2 Å². The van der Waals surface area contributed by atoms with Gasteiger partial charge in [0.2, 0.25) is 11.8 Å². The lowest BCUT2D eigenvalue weighted by Crippen LogP contribution is -2.58. The van der Waals surface area contributed by atoms with Crippen LogP contribution in [0.1, 0.15) is 70.2 Å². The number of hydrogen-bond acceptors (Lipinski definition) is 5. The zero-order chi connectivity index (χ0) is 27.8. The van der Waals surface area contributed by atoms with Gasteiger partial charge >= 0.3 is 0 Å². The zero-order valence-electron chi connectivity index (χ0n) is 23.3.